The van der Waals surface area contributed by atoms with Gasteiger partial charge in [-0.05, 0) is 37.5 Å². The maximum Gasteiger partial charge on any atom is 0.0549 e. The lowest BCUT2D eigenvalue weighted by molar-refractivity contribution is 0.0793. The van der Waals surface area contributed by atoms with Crippen LogP contribution in [0, 0.1) is 6.92 Å². The number of hydrogen-bond acceptors (Lipinski definition) is 2. The molecular formula is C11H15NO. The summed E-state index contributed by atoms with van der Waals surface area (Å²) >= 11 is 0. The molecule has 0 aliphatic carbocycles. The molecule has 0 saturated carbocycles. The number of aryl methyl sites for hydroxylation is 1. The highest BCUT2D eigenvalue weighted by Gasteiger charge is 2.16. The van der Waals surface area contributed by atoms with Gasteiger partial charge >= 0.3 is 0 Å². The first kappa shape index (κ1) is 8.70. The lowest BCUT2D eigenvalue weighted by Gasteiger charge is -2.21. The van der Waals surface area contributed by atoms with Crippen LogP contribution in [0.4, 0.5) is 0 Å². The summed E-state index contributed by atoms with van der Waals surface area (Å²) in [5.74, 6) is 0.522. The van der Waals surface area contributed by atoms with E-state index in [1.165, 1.54) is 24.1 Å². The smallest absolute Gasteiger partial charge is 0.0549 e. The van der Waals surface area contributed by atoms with E-state index in [1.54, 1.807) is 0 Å². The van der Waals surface area contributed by atoms with Gasteiger partial charge in [0.2, 0.25) is 0 Å². The number of aromatic nitrogens is 1. The van der Waals surface area contributed by atoms with E-state index in [2.05, 4.69) is 18.0 Å². The summed E-state index contributed by atoms with van der Waals surface area (Å²) in [6, 6.07) is 4.20. The Labute approximate surface area is 78.9 Å². The summed E-state index contributed by atoms with van der Waals surface area (Å²) < 4.78 is 5.44. The third kappa shape index (κ3) is 2.07. The molecule has 0 spiro atoms. The minimum absolute atomic E-state index is 0.522. The Hall–Kier alpha value is -0.890. The molecule has 1 aromatic rings. The Morgan fingerprint density at radius 2 is 2.46 bits per heavy atom. The van der Waals surface area contributed by atoms with Crippen LogP contribution in [0.1, 0.15) is 30.0 Å². The topological polar surface area (TPSA) is 22.1 Å². The summed E-state index contributed by atoms with van der Waals surface area (Å²) in [4.78, 5) is 4.38. The quantitative estimate of drug-likeness (QED) is 0.656. The molecule has 1 unspecified atom stereocenters. The summed E-state index contributed by atoms with van der Waals surface area (Å²) in [7, 11) is 0. The van der Waals surface area contributed by atoms with Crippen molar-refractivity contribution in [1.29, 1.82) is 0 Å². The number of pyridine rings is 1. The zero-order chi connectivity index (χ0) is 9.10. The fraction of sp³-hybridized carbons (Fsp3) is 0.545. The van der Waals surface area contributed by atoms with Crippen molar-refractivity contribution in [1.82, 2.24) is 4.98 Å². The van der Waals surface area contributed by atoms with Gasteiger partial charge in [-0.1, -0.05) is 0 Å². The zero-order valence-corrected chi connectivity index (χ0v) is 7.99. The Bertz CT molecular complexity index is 279. The number of hydrogen-bond donors (Lipinski definition) is 0. The van der Waals surface area contributed by atoms with Crippen LogP contribution >= 0.6 is 0 Å². The van der Waals surface area contributed by atoms with Crippen molar-refractivity contribution < 1.29 is 4.74 Å². The molecule has 70 valence electrons. The average Bonchev–Trinajstić information content (AvgIpc) is 2.19. The highest BCUT2D eigenvalue weighted by Crippen LogP contribution is 2.23. The Morgan fingerprint density at radius 3 is 3.15 bits per heavy atom. The summed E-state index contributed by atoms with van der Waals surface area (Å²) in [5, 5.41) is 0. The second-order valence-corrected chi connectivity index (χ2v) is 3.67. The molecule has 0 aromatic carbocycles. The van der Waals surface area contributed by atoms with Crippen LogP contribution in [0.3, 0.4) is 0 Å². The number of ether oxygens (including phenoxy) is 1. The molecule has 1 aliphatic heterocycles. The minimum atomic E-state index is 0.522. The third-order valence-corrected chi connectivity index (χ3v) is 2.52. The third-order valence-electron chi connectivity index (χ3n) is 2.52. The molecular weight excluding hydrogens is 162 g/mol. The maximum absolute atomic E-state index is 5.44. The maximum atomic E-state index is 5.44. The van der Waals surface area contributed by atoms with E-state index in [0.29, 0.717) is 5.92 Å². The predicted octanol–water partition coefficient (Wildman–Crippen LogP) is 2.28. The van der Waals surface area contributed by atoms with Gasteiger partial charge in [0.15, 0.2) is 0 Å². The molecule has 2 heteroatoms. The molecule has 2 heterocycles. The highest BCUT2D eigenvalue weighted by molar-refractivity contribution is 5.18. The standard InChI is InChI=1S/C11H15NO/c1-9-4-5-12-11(7-9)10-3-2-6-13-8-10/h4-5,7,10H,2-3,6,8H2,1H3. The van der Waals surface area contributed by atoms with E-state index in [0.717, 1.165) is 13.2 Å². The summed E-state index contributed by atoms with van der Waals surface area (Å²) in [6.07, 6.45) is 4.27. The van der Waals surface area contributed by atoms with Gasteiger partial charge in [0.1, 0.15) is 0 Å². The first-order chi connectivity index (χ1) is 6.36. The molecule has 1 aliphatic rings. The van der Waals surface area contributed by atoms with E-state index in [1.807, 2.05) is 12.3 Å². The minimum Gasteiger partial charge on any atom is -0.381 e. The molecule has 1 fully saturated rings. The Kier molecular flexibility index (Phi) is 2.60. The molecule has 2 nitrogen and oxygen atoms in total. The lowest BCUT2D eigenvalue weighted by atomic mass is 9.97. The van der Waals surface area contributed by atoms with Gasteiger partial charge in [-0.3, -0.25) is 4.98 Å². The summed E-state index contributed by atoms with van der Waals surface area (Å²) in [5.41, 5.74) is 2.48. The molecule has 0 N–H and O–H groups in total. The van der Waals surface area contributed by atoms with E-state index in [-0.39, 0.29) is 0 Å². The van der Waals surface area contributed by atoms with Crippen LogP contribution in [0.5, 0.6) is 0 Å². The van der Waals surface area contributed by atoms with Crippen LogP contribution < -0.4 is 0 Å². The molecule has 13 heavy (non-hydrogen) atoms. The Balaban J connectivity index is 2.14. The first-order valence-corrected chi connectivity index (χ1v) is 4.86. The van der Waals surface area contributed by atoms with Gasteiger partial charge in [0, 0.05) is 24.4 Å². The van der Waals surface area contributed by atoms with Crippen LogP contribution in [-0.2, 0) is 4.74 Å². The van der Waals surface area contributed by atoms with Crippen molar-refractivity contribution in [2.45, 2.75) is 25.7 Å². The van der Waals surface area contributed by atoms with E-state index in [4.69, 9.17) is 4.74 Å². The van der Waals surface area contributed by atoms with Crippen LogP contribution in [0.15, 0.2) is 18.3 Å². The van der Waals surface area contributed by atoms with Gasteiger partial charge in [0.25, 0.3) is 0 Å². The normalized spacial score (nSPS) is 23.0. The molecule has 2 rings (SSSR count). The number of nitrogens with zero attached hydrogens (tertiary/aromatic N) is 1. The summed E-state index contributed by atoms with van der Waals surface area (Å²) in [6.45, 7) is 3.87. The predicted molar refractivity (Wildman–Crippen MR) is 51.8 cm³/mol. The van der Waals surface area contributed by atoms with Gasteiger partial charge in [-0.2, -0.15) is 0 Å². The van der Waals surface area contributed by atoms with Crippen molar-refractivity contribution in [2.24, 2.45) is 0 Å². The molecule has 0 bridgehead atoms. The Morgan fingerprint density at radius 1 is 1.54 bits per heavy atom. The fourth-order valence-electron chi connectivity index (χ4n) is 1.76. The van der Waals surface area contributed by atoms with Crippen LogP contribution in [-0.4, -0.2) is 18.2 Å². The van der Waals surface area contributed by atoms with Crippen molar-refractivity contribution in [3.05, 3.63) is 29.6 Å². The van der Waals surface area contributed by atoms with E-state index in [9.17, 15) is 0 Å². The molecule has 0 radical (unpaired) electrons. The molecule has 1 atom stereocenters. The number of rotatable bonds is 1. The fourth-order valence-corrected chi connectivity index (χ4v) is 1.76. The van der Waals surface area contributed by atoms with Crippen LogP contribution in [0.2, 0.25) is 0 Å². The zero-order valence-electron chi connectivity index (χ0n) is 7.99. The largest absolute Gasteiger partial charge is 0.381 e. The monoisotopic (exact) mass is 177 g/mol. The second kappa shape index (κ2) is 3.88. The van der Waals surface area contributed by atoms with Gasteiger partial charge in [-0.25, -0.2) is 0 Å². The SMILES string of the molecule is Cc1ccnc(C2CCCOC2)c1. The molecule has 0 amide bonds. The van der Waals surface area contributed by atoms with Crippen molar-refractivity contribution in [2.75, 3.05) is 13.2 Å². The first-order valence-electron chi connectivity index (χ1n) is 4.86. The second-order valence-electron chi connectivity index (χ2n) is 3.67. The van der Waals surface area contributed by atoms with Gasteiger partial charge in [0.05, 0.1) is 6.61 Å². The van der Waals surface area contributed by atoms with Crippen molar-refractivity contribution in [3.8, 4) is 0 Å². The molecule has 1 aromatic heterocycles. The van der Waals surface area contributed by atoms with Crippen molar-refractivity contribution in [3.63, 3.8) is 0 Å². The lowest BCUT2D eigenvalue weighted by Crippen LogP contribution is -2.16. The molecule has 1 saturated heterocycles. The van der Waals surface area contributed by atoms with Crippen molar-refractivity contribution >= 4 is 0 Å². The van der Waals surface area contributed by atoms with Gasteiger partial charge in [-0.15, -0.1) is 0 Å². The highest BCUT2D eigenvalue weighted by atomic mass is 16.5. The van der Waals surface area contributed by atoms with Gasteiger partial charge < -0.3 is 4.74 Å². The van der Waals surface area contributed by atoms with E-state index >= 15 is 0 Å². The van der Waals surface area contributed by atoms with Crippen LogP contribution in [0.25, 0.3) is 0 Å². The van der Waals surface area contributed by atoms with E-state index < -0.39 is 0 Å². The average molecular weight is 177 g/mol.